The van der Waals surface area contributed by atoms with Gasteiger partial charge in [-0.15, -0.1) is 45.3 Å². The molecule has 0 atom stereocenters. The molecule has 18 aromatic carbocycles. The number of hydrogen-bond donors (Lipinski definition) is 0. The van der Waals surface area contributed by atoms with Crippen LogP contribution in [0.15, 0.2) is 425 Å². The molecule has 0 unspecified atom stereocenters. The van der Waals surface area contributed by atoms with E-state index in [9.17, 15) is 0 Å². The van der Waals surface area contributed by atoms with E-state index in [0.717, 1.165) is 90.5 Å². The van der Waals surface area contributed by atoms with Gasteiger partial charge in [0.05, 0.1) is 0 Å². The van der Waals surface area contributed by atoms with Crippen molar-refractivity contribution >= 4 is 219 Å². The molecule has 0 saturated carbocycles. The third-order valence-corrected chi connectivity index (χ3v) is 27.6. The highest BCUT2D eigenvalue weighted by atomic mass is 32.1. The molecule has 22 rings (SSSR count). The Bertz CT molecular complexity index is 7180. The molecule has 0 fully saturated rings. The summed E-state index contributed by atoms with van der Waals surface area (Å²) < 4.78 is 10.5. The van der Waals surface area contributed by atoms with E-state index in [-0.39, 0.29) is 0 Å². The van der Waals surface area contributed by atoms with E-state index in [0.29, 0.717) is 0 Å². The van der Waals surface area contributed by atoms with Crippen LogP contribution in [0.3, 0.4) is 0 Å². The van der Waals surface area contributed by atoms with Crippen LogP contribution < -0.4 is 19.6 Å². The summed E-state index contributed by atoms with van der Waals surface area (Å²) in [5, 5.41) is 10.4. The van der Waals surface area contributed by atoms with Gasteiger partial charge in [0.1, 0.15) is 0 Å². The quantitative estimate of drug-likeness (QED) is 0.0794. The first-order chi connectivity index (χ1) is 60.2. The number of nitrogens with zero attached hydrogens (tertiary/aromatic N) is 4. The zero-order valence-electron chi connectivity index (χ0n) is 67.1. The Morgan fingerprint density at radius 3 is 0.623 bits per heavy atom. The number of anilines is 12. The van der Waals surface area contributed by atoms with Crippen LogP contribution in [0.5, 0.6) is 0 Å². The highest BCUT2D eigenvalue weighted by Crippen LogP contribution is 2.47. The van der Waals surface area contributed by atoms with Crippen molar-refractivity contribution < 1.29 is 0 Å². The van der Waals surface area contributed by atoms with Crippen LogP contribution >= 0.6 is 45.3 Å². The van der Waals surface area contributed by atoms with Crippen LogP contribution in [0.1, 0.15) is 33.4 Å². The van der Waals surface area contributed by atoms with Crippen LogP contribution in [0.2, 0.25) is 0 Å². The van der Waals surface area contributed by atoms with Crippen molar-refractivity contribution in [1.82, 2.24) is 0 Å². The van der Waals surface area contributed by atoms with Crippen molar-refractivity contribution in [3.8, 4) is 22.3 Å². The van der Waals surface area contributed by atoms with E-state index in [4.69, 9.17) is 0 Å². The molecule has 0 spiro atoms. The highest BCUT2D eigenvalue weighted by molar-refractivity contribution is 7.27. The highest BCUT2D eigenvalue weighted by Gasteiger charge is 2.22. The minimum atomic E-state index is 1.10. The maximum absolute atomic E-state index is 2.37. The Labute approximate surface area is 726 Å². The maximum atomic E-state index is 2.37. The summed E-state index contributed by atoms with van der Waals surface area (Å²) in [6.45, 7) is 4.31. The Morgan fingerprint density at radius 2 is 0.361 bits per heavy atom. The second kappa shape index (κ2) is 33.0. The van der Waals surface area contributed by atoms with Gasteiger partial charge in [0.25, 0.3) is 0 Å². The molecule has 0 bridgehead atoms. The molecule has 0 N–H and O–H groups in total. The van der Waals surface area contributed by atoms with Gasteiger partial charge < -0.3 is 19.6 Å². The lowest BCUT2D eigenvalue weighted by Crippen LogP contribution is -2.10. The van der Waals surface area contributed by atoms with Gasteiger partial charge in [-0.3, -0.25) is 0 Å². The normalized spacial score (nSPS) is 11.6. The molecule has 0 aliphatic carbocycles. The second-order valence-corrected chi connectivity index (χ2v) is 35.3. The van der Waals surface area contributed by atoms with Crippen LogP contribution in [-0.4, -0.2) is 0 Å². The Kier molecular flexibility index (Phi) is 20.3. The van der Waals surface area contributed by atoms with Gasteiger partial charge in [0.2, 0.25) is 0 Å². The summed E-state index contributed by atoms with van der Waals surface area (Å²) in [6.07, 6.45) is 8.81. The van der Waals surface area contributed by atoms with E-state index in [1.54, 1.807) is 0 Å². The first kappa shape index (κ1) is 75.0. The summed E-state index contributed by atoms with van der Waals surface area (Å²) in [5.74, 6) is 0. The predicted molar refractivity (Wildman–Crippen MR) is 534 cm³/mol. The lowest BCUT2D eigenvalue weighted by atomic mass is 10.0. The zero-order valence-corrected chi connectivity index (χ0v) is 70.4. The molecular formula is C114H80N4S4. The average molecular weight is 1630 g/mol. The van der Waals surface area contributed by atoms with Crippen LogP contribution in [0.25, 0.3) is 127 Å². The summed E-state index contributed by atoms with van der Waals surface area (Å²) in [7, 11) is 0. The largest absolute Gasteiger partial charge is 0.310 e. The van der Waals surface area contributed by atoms with Gasteiger partial charge in [-0.1, -0.05) is 255 Å². The third-order valence-electron chi connectivity index (χ3n) is 23.0. The molecule has 4 heterocycles. The van der Waals surface area contributed by atoms with Crippen LogP contribution in [0, 0.1) is 13.8 Å². The van der Waals surface area contributed by atoms with Crippen LogP contribution in [0.4, 0.5) is 68.2 Å². The fourth-order valence-corrected chi connectivity index (χ4v) is 21.3. The molecule has 0 amide bonds. The molecule has 4 aromatic heterocycles. The van der Waals surface area contributed by atoms with E-state index < -0.39 is 0 Å². The summed E-state index contributed by atoms with van der Waals surface area (Å²) in [6, 6.07) is 154. The Morgan fingerprint density at radius 1 is 0.156 bits per heavy atom. The summed E-state index contributed by atoms with van der Waals surface area (Å²) >= 11 is 7.41. The minimum Gasteiger partial charge on any atom is -0.310 e. The molecular weight excluding hydrogens is 1550 g/mol. The van der Waals surface area contributed by atoms with Gasteiger partial charge in [-0.05, 0) is 264 Å². The van der Waals surface area contributed by atoms with E-state index in [1.165, 1.54) is 114 Å². The zero-order chi connectivity index (χ0) is 81.4. The van der Waals surface area contributed by atoms with Crippen molar-refractivity contribution in [1.29, 1.82) is 0 Å². The summed E-state index contributed by atoms with van der Waals surface area (Å²) in [5.41, 5.74) is 25.4. The van der Waals surface area contributed by atoms with Gasteiger partial charge in [-0.2, -0.15) is 0 Å². The molecule has 8 heteroatoms. The molecule has 0 saturated heterocycles. The third kappa shape index (κ3) is 15.2. The first-order valence-corrected chi connectivity index (χ1v) is 44.6. The maximum Gasteiger partial charge on any atom is 0.0468 e. The smallest absolute Gasteiger partial charge is 0.0468 e. The van der Waals surface area contributed by atoms with Crippen molar-refractivity contribution in [2.75, 3.05) is 19.6 Å². The van der Waals surface area contributed by atoms with Gasteiger partial charge in [0.15, 0.2) is 0 Å². The van der Waals surface area contributed by atoms with Gasteiger partial charge >= 0.3 is 0 Å². The Hall–Kier alpha value is -14.5. The second-order valence-electron chi connectivity index (χ2n) is 31.0. The van der Waals surface area contributed by atoms with E-state index in [2.05, 4.69) is 482 Å². The first-order valence-electron chi connectivity index (χ1n) is 41.3. The fourth-order valence-electron chi connectivity index (χ4n) is 16.9. The van der Waals surface area contributed by atoms with E-state index >= 15 is 0 Å². The van der Waals surface area contributed by atoms with Gasteiger partial charge in [0, 0.05) is 149 Å². The number of hydrogen-bond acceptors (Lipinski definition) is 8. The number of thiophene rings is 4. The molecule has 122 heavy (non-hydrogen) atoms. The summed E-state index contributed by atoms with van der Waals surface area (Å²) in [4.78, 5) is 9.46. The minimum absolute atomic E-state index is 1.10. The molecule has 4 nitrogen and oxygen atoms in total. The number of aryl methyl sites for hydroxylation is 2. The number of benzene rings is 18. The topological polar surface area (TPSA) is 13.0 Å². The standard InChI is InChI=1S/C62H42N2S2.C52H38N2S2/c1-3-11-45(12-4-1)47-25-33-51(34-26-47)63(53-37-39-61-57(41-53)55-15-7-9-17-59(55)65-61)49-29-21-43(22-30-49)19-20-44-23-31-50(32-24-44)64(52-35-27-48(28-36-52)46-13-5-2-6-14-46)54-38-40-62-58(42-54)56-16-8-10-18-60(56)66-62;1-35-9-7-11-41(31-35)53(43-27-29-51-47(33-43)45-13-3-5-15-49(45)55-51)39-23-19-37(20-24-39)17-18-38-21-25-40(26-22-38)54(42-12-8-10-36(2)32-42)44-28-30-52-48(34-44)46-14-4-6-16-50(46)56-52/h1-42H;3-34H,1-2H3/b20-19+;18-17+. The monoisotopic (exact) mass is 1630 g/mol. The molecule has 0 radical (unpaired) electrons. The van der Waals surface area contributed by atoms with E-state index in [1.807, 2.05) is 45.3 Å². The molecule has 0 aliphatic rings. The number of rotatable bonds is 18. The molecule has 580 valence electrons. The lowest BCUT2D eigenvalue weighted by Gasteiger charge is -2.26. The van der Waals surface area contributed by atoms with Crippen molar-refractivity contribution in [3.05, 3.63) is 458 Å². The van der Waals surface area contributed by atoms with Crippen molar-refractivity contribution in [2.24, 2.45) is 0 Å². The average Bonchev–Trinajstić information content (AvgIpc) is 1.60. The van der Waals surface area contributed by atoms with Gasteiger partial charge in [-0.25, -0.2) is 0 Å². The lowest BCUT2D eigenvalue weighted by molar-refractivity contribution is 1.27. The molecule has 0 aliphatic heterocycles. The van der Waals surface area contributed by atoms with Crippen molar-refractivity contribution in [3.63, 3.8) is 0 Å². The number of fused-ring (bicyclic) bond motifs is 12. The van der Waals surface area contributed by atoms with Crippen LogP contribution in [-0.2, 0) is 0 Å². The fraction of sp³-hybridized carbons (Fsp3) is 0.0175. The SMILES string of the molecule is C(=C\c1ccc(N(c2ccc(-c3ccccc3)cc2)c2ccc3sc4ccccc4c3c2)cc1)/c1ccc(N(c2ccc(-c3ccccc3)cc2)c2ccc3sc4ccccc4c3c2)cc1.Cc1cccc(N(c2ccc(/C=C/c3ccc(N(c4cccc(C)c4)c4ccc5sc6ccccc6c5c4)cc3)cc2)c2ccc3sc4ccccc4c3c2)c1. The predicted octanol–water partition coefficient (Wildman–Crippen LogP) is 35.0. The Balaban J connectivity index is 0.000000152. The molecule has 22 aromatic rings. The van der Waals surface area contributed by atoms with Crippen molar-refractivity contribution in [2.45, 2.75) is 13.8 Å².